The maximum atomic E-state index is 10.8. The number of aliphatic hydroxyl groups excluding tert-OH is 3. The van der Waals surface area contributed by atoms with E-state index >= 15 is 0 Å². The molecule has 0 bridgehead atoms. The number of carbonyl (C=O) groups excluding carboxylic acids is 1. The van der Waals surface area contributed by atoms with Gasteiger partial charge in [-0.05, 0) is 19.3 Å². The second kappa shape index (κ2) is 6.92. The summed E-state index contributed by atoms with van der Waals surface area (Å²) in [6, 6.07) is 0. The second-order valence-corrected chi connectivity index (χ2v) is 4.56. The molecule has 8 heteroatoms. The van der Waals surface area contributed by atoms with Crippen molar-refractivity contribution >= 4 is 24.4 Å². The summed E-state index contributed by atoms with van der Waals surface area (Å²) in [5.41, 5.74) is 5.32. The van der Waals surface area contributed by atoms with Gasteiger partial charge >= 0.3 is 5.97 Å². The molecule has 7 nitrogen and oxygen atoms in total. The van der Waals surface area contributed by atoms with E-state index in [-0.39, 0.29) is 19.3 Å². The molecule has 17 heavy (non-hydrogen) atoms. The number of carbonyl (C=O) groups is 2. The summed E-state index contributed by atoms with van der Waals surface area (Å²) in [6.45, 7) is -0.860. The van der Waals surface area contributed by atoms with Crippen LogP contribution in [0, 0.1) is 0 Å². The molecule has 0 spiro atoms. The molecule has 0 aliphatic carbocycles. The molecule has 6 N–H and O–H groups in total. The lowest BCUT2D eigenvalue weighted by Gasteiger charge is -2.20. The fraction of sp³-hybridized carbons (Fsp3) is 0.778. The van der Waals surface area contributed by atoms with Crippen LogP contribution in [0.25, 0.3) is 0 Å². The summed E-state index contributed by atoms with van der Waals surface area (Å²) in [4.78, 5) is 19.7. The van der Waals surface area contributed by atoms with E-state index in [1.54, 1.807) is 0 Å². The number of ketones is 1. The van der Waals surface area contributed by atoms with Gasteiger partial charge < -0.3 is 26.2 Å². The quantitative estimate of drug-likeness (QED) is 0.223. The van der Waals surface area contributed by atoms with Crippen molar-refractivity contribution in [1.82, 2.24) is 0 Å². The predicted molar refractivity (Wildman–Crippen MR) is 61.5 cm³/mol. The molecular weight excluding hydrogens is 250 g/mol. The van der Waals surface area contributed by atoms with Gasteiger partial charge in [-0.1, -0.05) is 0 Å². The lowest BCUT2D eigenvalue weighted by Crippen LogP contribution is -2.42. The van der Waals surface area contributed by atoms with Crippen LogP contribution in [0.2, 0.25) is 0 Å². The highest BCUT2D eigenvalue weighted by atomic mass is 32.1. The topological polar surface area (TPSA) is 141 Å². The van der Waals surface area contributed by atoms with Crippen LogP contribution in [0.4, 0.5) is 0 Å². The van der Waals surface area contributed by atoms with Crippen molar-refractivity contribution < 1.29 is 30.0 Å². The molecule has 0 heterocycles. The van der Waals surface area contributed by atoms with Crippen molar-refractivity contribution in [2.75, 3.05) is 6.61 Å². The van der Waals surface area contributed by atoms with Crippen LogP contribution < -0.4 is 5.73 Å². The van der Waals surface area contributed by atoms with E-state index < -0.39 is 35.4 Å². The number of rotatable bonds is 8. The smallest absolute Gasteiger partial charge is 0.333 e. The lowest BCUT2D eigenvalue weighted by molar-refractivity contribution is -0.140. The number of aliphatic carboxylic acids is 1. The van der Waals surface area contributed by atoms with Crippen molar-refractivity contribution in [1.29, 1.82) is 0 Å². The van der Waals surface area contributed by atoms with Crippen LogP contribution in [0.1, 0.15) is 19.3 Å². The first-order chi connectivity index (χ1) is 7.72. The van der Waals surface area contributed by atoms with Gasteiger partial charge in [-0.25, -0.2) is 4.79 Å². The van der Waals surface area contributed by atoms with Crippen molar-refractivity contribution in [3.8, 4) is 0 Å². The van der Waals surface area contributed by atoms with Gasteiger partial charge in [0.2, 0.25) is 0 Å². The Hall–Kier alpha value is -0.670. The molecule has 0 fully saturated rings. The van der Waals surface area contributed by atoms with Gasteiger partial charge in [-0.15, -0.1) is 12.6 Å². The summed E-state index contributed by atoms with van der Waals surface area (Å²) >= 11 is 3.72. The number of carboxylic acid groups (broad SMARTS) is 1. The number of thiol groups is 1. The molecule has 0 aliphatic heterocycles. The maximum absolute atomic E-state index is 10.8. The van der Waals surface area contributed by atoms with Crippen molar-refractivity contribution in [2.45, 2.75) is 36.3 Å². The molecule has 0 radical (unpaired) electrons. The molecule has 0 aliphatic rings. The third-order valence-corrected chi connectivity index (χ3v) is 2.69. The molecule has 1 unspecified atom stereocenters. The van der Waals surface area contributed by atoms with Gasteiger partial charge in [-0.3, -0.25) is 4.79 Å². The SMILES string of the molecule is NC(S)(CCC[C@H](O)[C@@H](O)C(=O)CO)C(=O)O. The van der Waals surface area contributed by atoms with Crippen LogP contribution in [0.3, 0.4) is 0 Å². The molecule has 0 saturated carbocycles. The van der Waals surface area contributed by atoms with Gasteiger partial charge in [0.1, 0.15) is 12.7 Å². The van der Waals surface area contributed by atoms with Gasteiger partial charge in [0.25, 0.3) is 0 Å². The number of hydrogen-bond acceptors (Lipinski definition) is 7. The molecule has 0 aromatic rings. The minimum atomic E-state index is -1.70. The summed E-state index contributed by atoms with van der Waals surface area (Å²) in [5.74, 6) is -2.18. The van der Waals surface area contributed by atoms with E-state index in [2.05, 4.69) is 12.6 Å². The first kappa shape index (κ1) is 16.3. The highest BCUT2D eigenvalue weighted by Gasteiger charge is 2.30. The predicted octanol–water partition coefficient (Wildman–Crippen LogP) is -1.89. The molecule has 3 atom stereocenters. The van der Waals surface area contributed by atoms with Gasteiger partial charge in [-0.2, -0.15) is 0 Å². The van der Waals surface area contributed by atoms with E-state index in [0.717, 1.165) is 0 Å². The van der Waals surface area contributed by atoms with E-state index in [9.17, 15) is 19.8 Å². The summed E-state index contributed by atoms with van der Waals surface area (Å²) in [6.07, 6.45) is -2.89. The Labute approximate surface area is 104 Å². The lowest BCUT2D eigenvalue weighted by atomic mass is 10.0. The van der Waals surface area contributed by atoms with Gasteiger partial charge in [0.05, 0.1) is 6.10 Å². The molecule has 0 aromatic heterocycles. The molecule has 100 valence electrons. The van der Waals surface area contributed by atoms with Crippen LogP contribution in [-0.4, -0.2) is 55.9 Å². The van der Waals surface area contributed by atoms with Crippen LogP contribution in [0.5, 0.6) is 0 Å². The average molecular weight is 267 g/mol. The number of carboxylic acids is 1. The third kappa shape index (κ3) is 5.46. The largest absolute Gasteiger partial charge is 0.479 e. The fourth-order valence-corrected chi connectivity index (χ4v) is 1.31. The molecule has 0 aromatic carbocycles. The van der Waals surface area contributed by atoms with Gasteiger partial charge in [0.15, 0.2) is 10.7 Å². The number of nitrogens with two attached hydrogens (primary N) is 1. The minimum absolute atomic E-state index is 0.0142. The fourth-order valence-electron chi connectivity index (χ4n) is 1.15. The normalized spacial score (nSPS) is 18.2. The van der Waals surface area contributed by atoms with Crippen LogP contribution in [0.15, 0.2) is 0 Å². The zero-order valence-electron chi connectivity index (χ0n) is 9.11. The summed E-state index contributed by atoms with van der Waals surface area (Å²) in [7, 11) is 0. The summed E-state index contributed by atoms with van der Waals surface area (Å²) < 4.78 is 0. The number of aliphatic hydroxyl groups is 3. The number of Topliss-reactive ketones (excluding diaryl/α,β-unsaturated/α-hetero) is 1. The Morgan fingerprint density at radius 1 is 1.35 bits per heavy atom. The maximum Gasteiger partial charge on any atom is 0.333 e. The molecule has 0 amide bonds. The van der Waals surface area contributed by atoms with Crippen molar-refractivity contribution in [3.63, 3.8) is 0 Å². The molecular formula is C9H17NO6S. The van der Waals surface area contributed by atoms with Gasteiger partial charge in [0, 0.05) is 0 Å². The van der Waals surface area contributed by atoms with E-state index in [0.29, 0.717) is 0 Å². The zero-order valence-corrected chi connectivity index (χ0v) is 10.0. The Morgan fingerprint density at radius 2 is 1.88 bits per heavy atom. The first-order valence-corrected chi connectivity index (χ1v) is 5.41. The van der Waals surface area contributed by atoms with E-state index in [1.807, 2.05) is 0 Å². The Kier molecular flexibility index (Phi) is 6.65. The molecule has 0 rings (SSSR count). The summed E-state index contributed by atoms with van der Waals surface area (Å²) in [5, 5.41) is 35.7. The van der Waals surface area contributed by atoms with E-state index in [1.165, 1.54) is 0 Å². The Morgan fingerprint density at radius 3 is 2.29 bits per heavy atom. The minimum Gasteiger partial charge on any atom is -0.479 e. The van der Waals surface area contributed by atoms with Crippen LogP contribution in [-0.2, 0) is 9.59 Å². The molecule has 0 saturated heterocycles. The van der Waals surface area contributed by atoms with Crippen LogP contribution >= 0.6 is 12.6 Å². The first-order valence-electron chi connectivity index (χ1n) is 4.96. The Bertz CT molecular complexity index is 283. The highest BCUT2D eigenvalue weighted by Crippen LogP contribution is 2.17. The zero-order chi connectivity index (χ0) is 13.6. The second-order valence-electron chi connectivity index (χ2n) is 3.76. The Balaban J connectivity index is 4.05. The average Bonchev–Trinajstić information content (AvgIpc) is 2.26. The van der Waals surface area contributed by atoms with Crippen molar-refractivity contribution in [3.05, 3.63) is 0 Å². The third-order valence-electron chi connectivity index (χ3n) is 2.28. The highest BCUT2D eigenvalue weighted by molar-refractivity contribution is 7.82. The standard InChI is InChI=1S/C9H17NO6S/c10-9(17,8(15)16)3-1-2-5(12)7(14)6(13)4-11/h5,7,11-12,14,17H,1-4,10H2,(H,15,16)/t5-,7+,9?/m0/s1. The monoisotopic (exact) mass is 267 g/mol. The number of hydrogen-bond donors (Lipinski definition) is 6. The van der Waals surface area contributed by atoms with E-state index in [4.69, 9.17) is 15.9 Å². The van der Waals surface area contributed by atoms with Crippen molar-refractivity contribution in [2.24, 2.45) is 5.73 Å².